The third kappa shape index (κ3) is 50.0. The number of carboxylic acid groups (broad SMARTS) is 1. The summed E-state index contributed by atoms with van der Waals surface area (Å²) in [5.41, 5.74) is 0. The number of aliphatic hydroxyl groups is 2. The van der Waals surface area contributed by atoms with Gasteiger partial charge in [0, 0.05) is 19.3 Å². The minimum Gasteiger partial charge on any atom is -0.479 e. The summed E-state index contributed by atoms with van der Waals surface area (Å²) in [5, 5.41) is 31.7. The van der Waals surface area contributed by atoms with Crippen LogP contribution in [0.3, 0.4) is 0 Å². The number of aliphatic carboxylic acids is 1. The molecule has 0 spiro atoms. The summed E-state index contributed by atoms with van der Waals surface area (Å²) in [4.78, 5) is 51.5. The van der Waals surface area contributed by atoms with E-state index < -0.39 is 67.3 Å². The standard InChI is InChI=1S/C73H128O12/c1-4-7-10-13-16-19-22-25-28-31-33-36-38-41-44-47-50-53-56-59-65(74)81-62-64(83-66(75)60-57-54-51-48-45-42-39-35-30-27-24-21-18-15-12-9-6-3)63-82-73-71(69(78)68(77)70(85-73)72(79)80)84-67(76)61-58-55-52-49-46-43-40-37-34-32-29-26-23-20-17-14-11-8-5-2/h7,10,16,19,25-26,28-29,33,36,64,68-71,73,77-78H,4-6,8-9,11-15,17-18,20-24,27,30-32,34-35,37-63H2,1-3H3,(H,79,80)/b10-7-,19-16-,28-25-,29-26-,36-33-. The van der Waals surface area contributed by atoms with Gasteiger partial charge in [-0.25, -0.2) is 4.79 Å². The van der Waals surface area contributed by atoms with Gasteiger partial charge in [-0.1, -0.05) is 287 Å². The third-order valence-corrected chi connectivity index (χ3v) is 16.1. The lowest BCUT2D eigenvalue weighted by Gasteiger charge is -2.40. The predicted molar refractivity (Wildman–Crippen MR) is 349 cm³/mol. The predicted octanol–water partition coefficient (Wildman–Crippen LogP) is 19.5. The Morgan fingerprint density at radius 2 is 0.741 bits per heavy atom. The number of unbranched alkanes of at least 4 members (excludes halogenated alkanes) is 37. The van der Waals surface area contributed by atoms with Crippen molar-refractivity contribution in [3.63, 3.8) is 0 Å². The van der Waals surface area contributed by atoms with E-state index in [0.717, 1.165) is 116 Å². The van der Waals surface area contributed by atoms with Crippen molar-refractivity contribution in [3.8, 4) is 0 Å². The molecule has 1 aliphatic heterocycles. The van der Waals surface area contributed by atoms with Gasteiger partial charge in [0.1, 0.15) is 18.8 Å². The van der Waals surface area contributed by atoms with E-state index in [-0.39, 0.29) is 25.9 Å². The van der Waals surface area contributed by atoms with E-state index in [1.165, 1.54) is 154 Å². The molecular weight excluding hydrogens is 1070 g/mol. The molecule has 6 unspecified atom stereocenters. The number of rotatable bonds is 61. The number of carboxylic acids is 1. The molecule has 0 saturated carbocycles. The molecule has 0 aromatic rings. The average Bonchev–Trinajstić information content (AvgIpc) is 3.51. The number of esters is 3. The molecule has 0 aliphatic carbocycles. The van der Waals surface area contributed by atoms with E-state index >= 15 is 0 Å². The highest BCUT2D eigenvalue weighted by Crippen LogP contribution is 2.27. The Balaban J connectivity index is 2.63. The first-order chi connectivity index (χ1) is 41.6. The summed E-state index contributed by atoms with van der Waals surface area (Å²) in [7, 11) is 0. The summed E-state index contributed by atoms with van der Waals surface area (Å²) < 4.78 is 28.6. The van der Waals surface area contributed by atoms with Gasteiger partial charge in [-0.15, -0.1) is 0 Å². The number of allylic oxidation sites excluding steroid dienone is 10. The largest absolute Gasteiger partial charge is 0.479 e. The second-order valence-corrected chi connectivity index (χ2v) is 24.1. The maximum Gasteiger partial charge on any atom is 0.335 e. The Hall–Kier alpha value is -3.58. The molecule has 0 bridgehead atoms. The number of hydrogen-bond donors (Lipinski definition) is 3. The molecule has 1 fully saturated rings. The summed E-state index contributed by atoms with van der Waals surface area (Å²) in [6, 6.07) is 0. The Kier molecular flexibility index (Phi) is 56.7. The van der Waals surface area contributed by atoms with E-state index in [4.69, 9.17) is 23.7 Å². The molecule has 1 aliphatic rings. The molecule has 1 rings (SSSR count). The van der Waals surface area contributed by atoms with E-state index in [1.54, 1.807) is 0 Å². The minimum absolute atomic E-state index is 0.0586. The van der Waals surface area contributed by atoms with Crippen LogP contribution in [0.15, 0.2) is 60.8 Å². The molecular formula is C73H128O12. The lowest BCUT2D eigenvalue weighted by Crippen LogP contribution is -2.61. The molecule has 0 aromatic heterocycles. The van der Waals surface area contributed by atoms with Gasteiger partial charge in [0.15, 0.2) is 24.6 Å². The quantitative estimate of drug-likeness (QED) is 0.0228. The molecule has 0 amide bonds. The number of carbonyl (C=O) groups is 4. The van der Waals surface area contributed by atoms with E-state index in [2.05, 4.69) is 81.5 Å². The molecule has 492 valence electrons. The summed E-state index contributed by atoms with van der Waals surface area (Å²) in [6.07, 6.45) is 64.5. The molecule has 85 heavy (non-hydrogen) atoms. The Morgan fingerprint density at radius 1 is 0.400 bits per heavy atom. The van der Waals surface area contributed by atoms with Gasteiger partial charge in [-0.3, -0.25) is 14.4 Å². The second kappa shape index (κ2) is 60.7. The number of aliphatic hydroxyl groups excluding tert-OH is 2. The summed E-state index contributed by atoms with van der Waals surface area (Å²) in [5.74, 6) is -3.11. The first-order valence-corrected chi connectivity index (χ1v) is 35.3. The van der Waals surface area contributed by atoms with Crippen LogP contribution in [0.5, 0.6) is 0 Å². The number of ether oxygens (including phenoxy) is 5. The molecule has 12 nitrogen and oxygen atoms in total. The van der Waals surface area contributed by atoms with Gasteiger partial charge < -0.3 is 39.0 Å². The van der Waals surface area contributed by atoms with Gasteiger partial charge >= 0.3 is 23.9 Å². The molecule has 0 aromatic carbocycles. The van der Waals surface area contributed by atoms with Crippen LogP contribution in [0.2, 0.25) is 0 Å². The normalized spacial score (nSPS) is 17.8. The van der Waals surface area contributed by atoms with Crippen molar-refractivity contribution in [1.29, 1.82) is 0 Å². The molecule has 1 heterocycles. The van der Waals surface area contributed by atoms with Gasteiger partial charge in [-0.2, -0.15) is 0 Å². The van der Waals surface area contributed by atoms with Crippen molar-refractivity contribution in [2.24, 2.45) is 0 Å². The molecule has 3 N–H and O–H groups in total. The Bertz CT molecular complexity index is 1710. The van der Waals surface area contributed by atoms with Gasteiger partial charge in [-0.05, 0) is 83.5 Å². The fourth-order valence-corrected chi connectivity index (χ4v) is 10.7. The first-order valence-electron chi connectivity index (χ1n) is 35.3. The van der Waals surface area contributed by atoms with Crippen molar-refractivity contribution in [2.75, 3.05) is 13.2 Å². The zero-order valence-corrected chi connectivity index (χ0v) is 54.6. The van der Waals surface area contributed by atoms with Crippen LogP contribution in [0, 0.1) is 0 Å². The van der Waals surface area contributed by atoms with Crippen LogP contribution in [0.25, 0.3) is 0 Å². The molecule has 6 atom stereocenters. The Morgan fingerprint density at radius 3 is 1.14 bits per heavy atom. The van der Waals surface area contributed by atoms with Crippen molar-refractivity contribution in [2.45, 2.75) is 366 Å². The fraction of sp³-hybridized carbons (Fsp3) is 0.808. The first kappa shape index (κ1) is 79.4. The molecule has 0 radical (unpaired) electrons. The molecule has 12 heteroatoms. The number of carbonyl (C=O) groups excluding carboxylic acids is 3. The lowest BCUT2D eigenvalue weighted by molar-refractivity contribution is -0.301. The summed E-state index contributed by atoms with van der Waals surface area (Å²) in [6.45, 7) is 5.93. The van der Waals surface area contributed by atoms with Crippen LogP contribution in [-0.4, -0.2) is 89.2 Å². The maximum atomic E-state index is 13.2. The smallest absolute Gasteiger partial charge is 0.335 e. The van der Waals surface area contributed by atoms with E-state index in [1.807, 2.05) is 0 Å². The highest BCUT2D eigenvalue weighted by molar-refractivity contribution is 5.74. The van der Waals surface area contributed by atoms with Crippen molar-refractivity contribution >= 4 is 23.9 Å². The van der Waals surface area contributed by atoms with Crippen LogP contribution >= 0.6 is 0 Å². The zero-order chi connectivity index (χ0) is 61.7. The van der Waals surface area contributed by atoms with E-state index in [0.29, 0.717) is 19.3 Å². The second-order valence-electron chi connectivity index (χ2n) is 24.1. The topological polar surface area (TPSA) is 175 Å². The third-order valence-electron chi connectivity index (χ3n) is 16.1. The van der Waals surface area contributed by atoms with Crippen molar-refractivity contribution < 1.29 is 58.2 Å². The number of hydrogen-bond acceptors (Lipinski definition) is 11. The Labute approximate surface area is 519 Å². The summed E-state index contributed by atoms with van der Waals surface area (Å²) >= 11 is 0. The zero-order valence-electron chi connectivity index (χ0n) is 54.6. The maximum absolute atomic E-state index is 13.2. The van der Waals surface area contributed by atoms with Crippen LogP contribution in [0.4, 0.5) is 0 Å². The van der Waals surface area contributed by atoms with Gasteiger partial charge in [0.25, 0.3) is 0 Å². The molecule has 1 saturated heterocycles. The minimum atomic E-state index is -1.91. The monoisotopic (exact) mass is 1200 g/mol. The van der Waals surface area contributed by atoms with Gasteiger partial charge in [0.05, 0.1) is 6.61 Å². The van der Waals surface area contributed by atoms with Crippen LogP contribution < -0.4 is 0 Å². The van der Waals surface area contributed by atoms with Crippen LogP contribution in [0.1, 0.15) is 329 Å². The van der Waals surface area contributed by atoms with Crippen molar-refractivity contribution in [1.82, 2.24) is 0 Å². The van der Waals surface area contributed by atoms with Gasteiger partial charge in [0.2, 0.25) is 0 Å². The highest BCUT2D eigenvalue weighted by atomic mass is 16.7. The van der Waals surface area contributed by atoms with Crippen molar-refractivity contribution in [3.05, 3.63) is 60.8 Å². The van der Waals surface area contributed by atoms with Crippen LogP contribution in [-0.2, 0) is 42.9 Å². The fourth-order valence-electron chi connectivity index (χ4n) is 10.7. The highest BCUT2D eigenvalue weighted by Gasteiger charge is 2.50. The SMILES string of the molecule is CC/C=C\C/C=C\C/C=C\C/C=C\CCCCCCCCC(=O)OCC(COC1OC(C(=O)O)C(O)C(O)C1OC(=O)CCCCCCCCCCC/C=C\CCCCCCCC)OC(=O)CCCCCCCCCCCCCCCCCCC. The average molecular weight is 1200 g/mol. The lowest BCUT2D eigenvalue weighted by atomic mass is 9.98. The van der Waals surface area contributed by atoms with E-state index in [9.17, 15) is 34.5 Å².